The summed E-state index contributed by atoms with van der Waals surface area (Å²) in [7, 11) is 0. The van der Waals surface area contributed by atoms with Crippen LogP contribution in [0.1, 0.15) is 72.2 Å². The molecule has 0 aliphatic heterocycles. The number of hydrogen-bond acceptors (Lipinski definition) is 3. The molecule has 0 spiro atoms. The molecule has 118 valence electrons. The van der Waals surface area contributed by atoms with Gasteiger partial charge in [0, 0.05) is 12.0 Å². The maximum atomic E-state index is 12.5. The van der Waals surface area contributed by atoms with Gasteiger partial charge < -0.3 is 0 Å². The Labute approximate surface area is 128 Å². The van der Waals surface area contributed by atoms with Crippen LogP contribution in [0.3, 0.4) is 0 Å². The molecule has 0 saturated heterocycles. The Bertz CT molecular complexity index is 476. The lowest BCUT2D eigenvalue weighted by molar-refractivity contribution is -0.123. The Morgan fingerprint density at radius 2 is 1.90 bits per heavy atom. The summed E-state index contributed by atoms with van der Waals surface area (Å²) in [6.45, 7) is 11.1. The second kappa shape index (κ2) is 6.29. The zero-order valence-electron chi connectivity index (χ0n) is 14.1. The minimum absolute atomic E-state index is 0.223. The number of rotatable bonds is 4. The van der Waals surface area contributed by atoms with Crippen molar-refractivity contribution < 1.29 is 4.79 Å². The molecule has 0 unspecified atom stereocenters. The minimum Gasteiger partial charge on any atom is -0.299 e. The molecule has 1 aromatic rings. The van der Waals surface area contributed by atoms with Crippen molar-refractivity contribution in [3.63, 3.8) is 0 Å². The van der Waals surface area contributed by atoms with Crippen LogP contribution < -0.4 is 0 Å². The molecule has 0 atom stereocenters. The monoisotopic (exact) mass is 291 g/mol. The summed E-state index contributed by atoms with van der Waals surface area (Å²) in [5, 5.41) is 4.21. The highest BCUT2D eigenvalue weighted by Gasteiger charge is 2.32. The molecular formula is C17H29N3O. The highest BCUT2D eigenvalue weighted by Crippen LogP contribution is 2.40. The quantitative estimate of drug-likeness (QED) is 0.847. The maximum Gasteiger partial charge on any atom is 0.143 e. The van der Waals surface area contributed by atoms with Gasteiger partial charge in [-0.15, -0.1) is 0 Å². The van der Waals surface area contributed by atoms with Crippen molar-refractivity contribution in [2.45, 2.75) is 72.8 Å². The Morgan fingerprint density at radius 1 is 1.29 bits per heavy atom. The lowest BCUT2D eigenvalue weighted by Crippen LogP contribution is -2.30. The first-order valence-corrected chi connectivity index (χ1v) is 8.20. The Kier molecular flexibility index (Phi) is 4.84. The molecule has 4 nitrogen and oxygen atoms in total. The summed E-state index contributed by atoms with van der Waals surface area (Å²) in [4.78, 5) is 16.8. The van der Waals surface area contributed by atoms with Crippen LogP contribution in [0.15, 0.2) is 6.33 Å². The topological polar surface area (TPSA) is 47.8 Å². The first-order chi connectivity index (χ1) is 9.79. The van der Waals surface area contributed by atoms with Crippen LogP contribution in [-0.2, 0) is 11.2 Å². The highest BCUT2D eigenvalue weighted by molar-refractivity contribution is 5.82. The van der Waals surface area contributed by atoms with E-state index in [1.54, 1.807) is 6.33 Å². The van der Waals surface area contributed by atoms with E-state index in [1.165, 1.54) is 12.8 Å². The van der Waals surface area contributed by atoms with Crippen molar-refractivity contribution in [2.24, 2.45) is 17.3 Å². The molecule has 1 aromatic heterocycles. The van der Waals surface area contributed by atoms with Gasteiger partial charge in [0.15, 0.2) is 0 Å². The number of hydrogen-bond donors (Lipinski definition) is 0. The lowest BCUT2D eigenvalue weighted by Gasteiger charge is -2.36. The summed E-state index contributed by atoms with van der Waals surface area (Å²) in [5.74, 6) is 2.13. The minimum atomic E-state index is 0.223. The largest absolute Gasteiger partial charge is 0.299 e. The van der Waals surface area contributed by atoms with Crippen LogP contribution in [0.2, 0.25) is 0 Å². The molecule has 0 N–H and O–H groups in total. The fraction of sp³-hybridized carbons (Fsp3) is 0.824. The van der Waals surface area contributed by atoms with Crippen molar-refractivity contribution in [3.8, 4) is 0 Å². The van der Waals surface area contributed by atoms with Gasteiger partial charge in [-0.1, -0.05) is 20.8 Å². The van der Waals surface area contributed by atoms with Gasteiger partial charge in [0.1, 0.15) is 17.9 Å². The zero-order chi connectivity index (χ0) is 15.6. The van der Waals surface area contributed by atoms with Crippen molar-refractivity contribution in [1.82, 2.24) is 14.8 Å². The number of aromatic nitrogens is 3. The van der Waals surface area contributed by atoms with Crippen LogP contribution in [-0.4, -0.2) is 20.5 Å². The third-order valence-corrected chi connectivity index (χ3v) is 4.88. The molecule has 0 radical (unpaired) electrons. The van der Waals surface area contributed by atoms with E-state index in [4.69, 9.17) is 0 Å². The van der Waals surface area contributed by atoms with Crippen molar-refractivity contribution in [2.75, 3.05) is 0 Å². The molecule has 0 bridgehead atoms. The van der Waals surface area contributed by atoms with Crippen LogP contribution in [0, 0.1) is 17.3 Å². The normalized spacial score (nSPS) is 23.5. The van der Waals surface area contributed by atoms with Crippen LogP contribution in [0.4, 0.5) is 0 Å². The van der Waals surface area contributed by atoms with E-state index in [0.717, 1.165) is 24.6 Å². The molecular weight excluding hydrogens is 262 g/mol. The summed E-state index contributed by atoms with van der Waals surface area (Å²) >= 11 is 0. The summed E-state index contributed by atoms with van der Waals surface area (Å²) in [6.07, 6.45) is 6.42. The Hall–Kier alpha value is -1.19. The number of nitrogens with zero attached hydrogens (tertiary/aromatic N) is 3. The van der Waals surface area contributed by atoms with E-state index in [0.29, 0.717) is 17.6 Å². The van der Waals surface area contributed by atoms with Crippen molar-refractivity contribution >= 4 is 5.78 Å². The number of Topliss-reactive ketones (excluding diaryl/α,β-unsaturated/α-hetero) is 1. The second-order valence-corrected chi connectivity index (χ2v) is 7.77. The molecule has 1 fully saturated rings. The van der Waals surface area contributed by atoms with Gasteiger partial charge in [-0.3, -0.25) is 4.79 Å². The predicted molar refractivity (Wildman–Crippen MR) is 84.0 cm³/mol. The van der Waals surface area contributed by atoms with Gasteiger partial charge in [-0.2, -0.15) is 5.10 Å². The van der Waals surface area contributed by atoms with Gasteiger partial charge in [-0.05, 0) is 50.9 Å². The predicted octanol–water partition coefficient (Wildman–Crippen LogP) is 3.82. The van der Waals surface area contributed by atoms with Crippen LogP contribution in [0.5, 0.6) is 0 Å². The number of ketones is 1. The van der Waals surface area contributed by atoms with Crippen molar-refractivity contribution in [3.05, 3.63) is 12.2 Å². The molecule has 1 saturated carbocycles. The molecule has 1 heterocycles. The van der Waals surface area contributed by atoms with Crippen LogP contribution in [0.25, 0.3) is 0 Å². The zero-order valence-corrected chi connectivity index (χ0v) is 14.1. The average molecular weight is 291 g/mol. The van der Waals surface area contributed by atoms with Gasteiger partial charge >= 0.3 is 0 Å². The lowest BCUT2D eigenvalue weighted by atomic mass is 9.69. The molecule has 2 rings (SSSR count). The molecule has 0 amide bonds. The standard InChI is InChI=1S/C17H29N3O/c1-12(2)20-16(18-11-19-20)10-15(21)13-6-8-14(9-7-13)17(3,4)5/h11-14H,6-10H2,1-5H3. The fourth-order valence-electron chi connectivity index (χ4n) is 3.41. The first kappa shape index (κ1) is 16.2. The Balaban J connectivity index is 1.92. The van der Waals surface area contributed by atoms with E-state index in [9.17, 15) is 4.79 Å². The van der Waals surface area contributed by atoms with E-state index in [1.807, 2.05) is 4.68 Å². The summed E-state index contributed by atoms with van der Waals surface area (Å²) < 4.78 is 1.86. The smallest absolute Gasteiger partial charge is 0.143 e. The van der Waals surface area contributed by atoms with Gasteiger partial charge in [0.2, 0.25) is 0 Å². The number of carbonyl (C=O) groups is 1. The molecule has 21 heavy (non-hydrogen) atoms. The maximum absolute atomic E-state index is 12.5. The number of carbonyl (C=O) groups excluding carboxylic acids is 1. The van der Waals surface area contributed by atoms with Gasteiger partial charge in [0.25, 0.3) is 0 Å². The summed E-state index contributed by atoms with van der Waals surface area (Å²) in [5.41, 5.74) is 0.367. The van der Waals surface area contributed by atoms with Crippen molar-refractivity contribution in [1.29, 1.82) is 0 Å². The van der Waals surface area contributed by atoms with E-state index in [-0.39, 0.29) is 12.0 Å². The third kappa shape index (κ3) is 3.92. The average Bonchev–Trinajstić information content (AvgIpc) is 2.86. The van der Waals surface area contributed by atoms with Gasteiger partial charge in [0.05, 0.1) is 6.42 Å². The summed E-state index contributed by atoms with van der Waals surface area (Å²) in [6, 6.07) is 0.256. The second-order valence-electron chi connectivity index (χ2n) is 7.77. The SMILES string of the molecule is CC(C)n1ncnc1CC(=O)C1CCC(C(C)(C)C)CC1. The fourth-order valence-corrected chi connectivity index (χ4v) is 3.41. The molecule has 1 aliphatic carbocycles. The van der Waals surface area contributed by atoms with E-state index >= 15 is 0 Å². The first-order valence-electron chi connectivity index (χ1n) is 8.20. The molecule has 4 heteroatoms. The molecule has 0 aromatic carbocycles. The van der Waals surface area contributed by atoms with E-state index in [2.05, 4.69) is 44.7 Å². The highest BCUT2D eigenvalue weighted by atomic mass is 16.1. The van der Waals surface area contributed by atoms with E-state index < -0.39 is 0 Å². The Morgan fingerprint density at radius 3 is 2.43 bits per heavy atom. The third-order valence-electron chi connectivity index (χ3n) is 4.88. The van der Waals surface area contributed by atoms with Gasteiger partial charge in [-0.25, -0.2) is 9.67 Å². The molecule has 1 aliphatic rings. The van der Waals surface area contributed by atoms with Crippen LogP contribution >= 0.6 is 0 Å².